The van der Waals surface area contributed by atoms with E-state index in [4.69, 9.17) is 0 Å². The Balaban J connectivity index is 1.65. The number of anilines is 1. The van der Waals surface area contributed by atoms with Gasteiger partial charge in [0.1, 0.15) is 6.17 Å². The fourth-order valence-corrected chi connectivity index (χ4v) is 3.69. The molecule has 6 heteroatoms. The Labute approximate surface area is 141 Å². The first-order valence-electron chi connectivity index (χ1n) is 8.56. The first kappa shape index (κ1) is 16.9. The normalized spacial score (nSPS) is 23.5. The summed E-state index contributed by atoms with van der Waals surface area (Å²) in [6, 6.07) is 7.72. The molecule has 1 fully saturated rings. The number of para-hydroxylation sites is 1. The zero-order valence-corrected chi connectivity index (χ0v) is 14.0. The molecule has 0 aliphatic carbocycles. The fraction of sp³-hybridized carbons (Fsp3) is 0.556. The number of likely N-dealkylation sites (tertiary alicyclic amines) is 1. The van der Waals surface area contributed by atoms with Crippen molar-refractivity contribution < 1.29 is 14.0 Å². The second-order valence-electron chi connectivity index (χ2n) is 6.51. The molecule has 2 atom stereocenters. The number of carbonyl (C=O) groups is 2. The van der Waals surface area contributed by atoms with Crippen LogP contribution in [-0.4, -0.2) is 55.6 Å². The minimum absolute atomic E-state index is 0.0538. The Morgan fingerprint density at radius 2 is 2.12 bits per heavy atom. The Hall–Kier alpha value is -1.95. The smallest absolute Gasteiger partial charge is 0.227 e. The molecule has 1 aromatic carbocycles. The molecule has 0 saturated carbocycles. The highest BCUT2D eigenvalue weighted by molar-refractivity contribution is 5.97. The van der Waals surface area contributed by atoms with E-state index in [0.717, 1.165) is 17.7 Å². The number of hydrogen-bond donors (Lipinski definition) is 1. The molecular formula is C18H24FN3O2. The summed E-state index contributed by atoms with van der Waals surface area (Å²) < 4.78 is 13.7. The van der Waals surface area contributed by atoms with Crippen LogP contribution in [0, 0.1) is 0 Å². The predicted molar refractivity (Wildman–Crippen MR) is 90.7 cm³/mol. The van der Waals surface area contributed by atoms with Gasteiger partial charge in [0.25, 0.3) is 0 Å². The lowest BCUT2D eigenvalue weighted by Crippen LogP contribution is -2.43. The van der Waals surface area contributed by atoms with Crippen molar-refractivity contribution in [3.05, 3.63) is 29.8 Å². The summed E-state index contributed by atoms with van der Waals surface area (Å²) in [7, 11) is 1.80. The van der Waals surface area contributed by atoms with Crippen LogP contribution < -0.4 is 10.2 Å². The maximum absolute atomic E-state index is 13.7. The van der Waals surface area contributed by atoms with Crippen molar-refractivity contribution in [1.29, 1.82) is 0 Å². The highest BCUT2D eigenvalue weighted by atomic mass is 19.1. The number of aryl methyl sites for hydroxylation is 1. The van der Waals surface area contributed by atoms with Gasteiger partial charge in [-0.25, -0.2) is 4.39 Å². The van der Waals surface area contributed by atoms with Gasteiger partial charge in [0.2, 0.25) is 11.8 Å². The van der Waals surface area contributed by atoms with E-state index in [1.54, 1.807) is 16.8 Å². The monoisotopic (exact) mass is 333 g/mol. The maximum atomic E-state index is 13.7. The van der Waals surface area contributed by atoms with Crippen LogP contribution in [-0.2, 0) is 16.0 Å². The highest BCUT2D eigenvalue weighted by Crippen LogP contribution is 2.28. The topological polar surface area (TPSA) is 52.7 Å². The summed E-state index contributed by atoms with van der Waals surface area (Å²) in [5.41, 5.74) is 2.04. The van der Waals surface area contributed by atoms with Gasteiger partial charge in [-0.05, 0) is 25.1 Å². The van der Waals surface area contributed by atoms with Crippen LogP contribution in [0.3, 0.4) is 0 Å². The third kappa shape index (κ3) is 3.43. The summed E-state index contributed by atoms with van der Waals surface area (Å²) in [5, 5.41) is 3.02. The maximum Gasteiger partial charge on any atom is 0.227 e. The van der Waals surface area contributed by atoms with Gasteiger partial charge in [0.15, 0.2) is 0 Å². The lowest BCUT2D eigenvalue weighted by atomic mass is 10.0. The molecule has 2 heterocycles. The molecule has 0 unspecified atom stereocenters. The second kappa shape index (κ2) is 7.30. The van der Waals surface area contributed by atoms with Gasteiger partial charge in [-0.15, -0.1) is 0 Å². The summed E-state index contributed by atoms with van der Waals surface area (Å²) in [5.74, 6) is -0.0238. The number of hydrogen-bond acceptors (Lipinski definition) is 3. The second-order valence-corrected chi connectivity index (χ2v) is 6.51. The van der Waals surface area contributed by atoms with E-state index in [-0.39, 0.29) is 30.8 Å². The van der Waals surface area contributed by atoms with E-state index >= 15 is 0 Å². The number of likely N-dealkylation sites (N-methyl/N-ethyl adjacent to an activating group) is 1. The zero-order valence-electron chi connectivity index (χ0n) is 14.0. The minimum Gasteiger partial charge on any atom is -0.335 e. The Morgan fingerprint density at radius 3 is 2.92 bits per heavy atom. The molecule has 1 saturated heterocycles. The van der Waals surface area contributed by atoms with Crippen LogP contribution in [0.5, 0.6) is 0 Å². The van der Waals surface area contributed by atoms with E-state index in [2.05, 4.69) is 5.32 Å². The van der Waals surface area contributed by atoms with Crippen molar-refractivity contribution in [2.45, 2.75) is 37.9 Å². The molecule has 3 rings (SSSR count). The molecule has 24 heavy (non-hydrogen) atoms. The number of halogens is 1. The van der Waals surface area contributed by atoms with Crippen LogP contribution in [0.4, 0.5) is 10.1 Å². The van der Waals surface area contributed by atoms with Gasteiger partial charge in [0, 0.05) is 44.1 Å². The highest BCUT2D eigenvalue weighted by Gasteiger charge is 2.35. The summed E-state index contributed by atoms with van der Waals surface area (Å²) in [4.78, 5) is 28.1. The van der Waals surface area contributed by atoms with E-state index in [1.807, 2.05) is 24.3 Å². The number of amides is 2. The van der Waals surface area contributed by atoms with E-state index in [9.17, 15) is 14.0 Å². The number of benzene rings is 1. The molecular weight excluding hydrogens is 309 g/mol. The molecule has 2 aliphatic heterocycles. The van der Waals surface area contributed by atoms with Crippen LogP contribution in [0.2, 0.25) is 0 Å². The molecule has 5 nitrogen and oxygen atoms in total. The van der Waals surface area contributed by atoms with Gasteiger partial charge in [-0.1, -0.05) is 18.2 Å². The number of carbonyl (C=O) groups excluding carboxylic acids is 2. The quantitative estimate of drug-likeness (QED) is 0.889. The number of nitrogens with zero attached hydrogens (tertiary/aromatic N) is 2. The SMILES string of the molecule is CNC[C@@H]1C[C@H](F)CN1C(=O)CCN1C(=O)CCc2ccccc21. The lowest BCUT2D eigenvalue weighted by molar-refractivity contribution is -0.132. The van der Waals surface area contributed by atoms with Crippen LogP contribution in [0.25, 0.3) is 0 Å². The molecule has 0 aromatic heterocycles. The minimum atomic E-state index is -0.954. The third-order valence-electron chi connectivity index (χ3n) is 4.86. The number of nitrogens with one attached hydrogen (secondary N) is 1. The predicted octanol–water partition coefficient (Wildman–Crippen LogP) is 1.51. The van der Waals surface area contributed by atoms with Gasteiger partial charge in [0.05, 0.1) is 6.54 Å². The molecule has 2 amide bonds. The molecule has 0 spiro atoms. The molecule has 0 bridgehead atoms. The van der Waals surface area contributed by atoms with Crippen LogP contribution in [0.15, 0.2) is 24.3 Å². The fourth-order valence-electron chi connectivity index (χ4n) is 3.69. The average molecular weight is 333 g/mol. The Bertz CT molecular complexity index is 622. The third-order valence-corrected chi connectivity index (χ3v) is 4.86. The van der Waals surface area contributed by atoms with Crippen molar-refractivity contribution in [2.24, 2.45) is 0 Å². The zero-order chi connectivity index (χ0) is 17.1. The van der Waals surface area contributed by atoms with E-state index in [1.165, 1.54) is 0 Å². The van der Waals surface area contributed by atoms with Gasteiger partial charge >= 0.3 is 0 Å². The number of fused-ring (bicyclic) bond motifs is 1. The lowest BCUT2D eigenvalue weighted by Gasteiger charge is -2.30. The molecule has 130 valence electrons. The largest absolute Gasteiger partial charge is 0.335 e. The van der Waals surface area contributed by atoms with Crippen LogP contribution in [0.1, 0.15) is 24.8 Å². The van der Waals surface area contributed by atoms with Crippen molar-refractivity contribution in [2.75, 3.05) is 31.6 Å². The van der Waals surface area contributed by atoms with Gasteiger partial charge in [-0.3, -0.25) is 9.59 Å². The summed E-state index contributed by atoms with van der Waals surface area (Å²) in [6.45, 7) is 1.11. The summed E-state index contributed by atoms with van der Waals surface area (Å²) >= 11 is 0. The van der Waals surface area contributed by atoms with Crippen molar-refractivity contribution >= 4 is 17.5 Å². The molecule has 1 aromatic rings. The van der Waals surface area contributed by atoms with Gasteiger partial charge < -0.3 is 15.1 Å². The van der Waals surface area contributed by atoms with Crippen LogP contribution >= 0.6 is 0 Å². The molecule has 2 aliphatic rings. The molecule has 1 N–H and O–H groups in total. The average Bonchev–Trinajstić information content (AvgIpc) is 2.95. The Morgan fingerprint density at radius 1 is 1.33 bits per heavy atom. The van der Waals surface area contributed by atoms with E-state index < -0.39 is 6.17 Å². The summed E-state index contributed by atoms with van der Waals surface area (Å²) in [6.07, 6.45) is 0.888. The first-order valence-corrected chi connectivity index (χ1v) is 8.56. The van der Waals surface area contributed by atoms with Crippen molar-refractivity contribution in [1.82, 2.24) is 10.2 Å². The van der Waals surface area contributed by atoms with E-state index in [0.29, 0.717) is 25.9 Å². The van der Waals surface area contributed by atoms with Gasteiger partial charge in [-0.2, -0.15) is 0 Å². The molecule has 0 radical (unpaired) electrons. The van der Waals surface area contributed by atoms with Crippen molar-refractivity contribution in [3.8, 4) is 0 Å². The first-order chi connectivity index (χ1) is 11.6. The Kier molecular flexibility index (Phi) is 5.14. The number of alkyl halides is 1. The number of rotatable bonds is 5. The standard InChI is InChI=1S/C18H24FN3O2/c1-20-11-15-10-14(19)12-22(15)18(24)8-9-21-16-5-3-2-4-13(16)6-7-17(21)23/h2-5,14-15,20H,6-12H2,1H3/t14-,15-/m0/s1. The van der Waals surface area contributed by atoms with Crippen molar-refractivity contribution in [3.63, 3.8) is 0 Å².